The van der Waals surface area contributed by atoms with Gasteiger partial charge in [0.25, 0.3) is 0 Å². The third kappa shape index (κ3) is 3.55. The predicted octanol–water partition coefficient (Wildman–Crippen LogP) is 2.65. The summed E-state index contributed by atoms with van der Waals surface area (Å²) in [5.41, 5.74) is 4.33. The van der Waals surface area contributed by atoms with Gasteiger partial charge in [-0.1, -0.05) is 13.0 Å². The van der Waals surface area contributed by atoms with E-state index in [1.807, 2.05) is 32.0 Å². The third-order valence-corrected chi connectivity index (χ3v) is 3.30. The first-order valence-electron chi connectivity index (χ1n) is 6.89. The molecule has 2 rings (SSSR count). The van der Waals surface area contributed by atoms with Crippen LogP contribution in [0, 0.1) is 4.77 Å². The zero-order chi connectivity index (χ0) is 15.2. The van der Waals surface area contributed by atoms with Crippen molar-refractivity contribution in [2.75, 3.05) is 19.1 Å². The molecule has 1 aromatic heterocycles. The van der Waals surface area contributed by atoms with E-state index in [2.05, 4.69) is 15.6 Å². The van der Waals surface area contributed by atoms with E-state index in [0.29, 0.717) is 17.9 Å². The number of ether oxygens (including phenoxy) is 2. The minimum absolute atomic E-state index is 0.561. The van der Waals surface area contributed by atoms with Crippen LogP contribution in [0.2, 0.25) is 0 Å². The number of hydrogen-bond donors (Lipinski definition) is 2. The van der Waals surface area contributed by atoms with Crippen molar-refractivity contribution in [3.63, 3.8) is 0 Å². The van der Waals surface area contributed by atoms with Crippen molar-refractivity contribution in [2.45, 2.75) is 26.8 Å². The molecule has 0 saturated carbocycles. The highest BCUT2D eigenvalue weighted by Gasteiger charge is 2.07. The van der Waals surface area contributed by atoms with Crippen molar-refractivity contribution in [3.8, 4) is 11.5 Å². The lowest BCUT2D eigenvalue weighted by Gasteiger charge is -2.13. The van der Waals surface area contributed by atoms with Gasteiger partial charge in [-0.3, -0.25) is 5.10 Å². The molecule has 7 heteroatoms. The lowest BCUT2D eigenvalue weighted by molar-refractivity contribution is 0.310. The van der Waals surface area contributed by atoms with Gasteiger partial charge >= 0.3 is 0 Å². The first kappa shape index (κ1) is 15.4. The van der Waals surface area contributed by atoms with E-state index in [0.717, 1.165) is 29.3 Å². The molecular formula is C14H20N4O2S. The SMILES string of the molecule is CCOc1cc(CNn2c(CC)n[nH]c2=S)ccc1OC. The van der Waals surface area contributed by atoms with Gasteiger partial charge in [-0.15, -0.1) is 0 Å². The van der Waals surface area contributed by atoms with Gasteiger partial charge in [-0.2, -0.15) is 5.10 Å². The Balaban J connectivity index is 2.14. The van der Waals surface area contributed by atoms with Crippen molar-refractivity contribution >= 4 is 12.2 Å². The summed E-state index contributed by atoms with van der Waals surface area (Å²) >= 11 is 5.20. The molecule has 0 bridgehead atoms. The van der Waals surface area contributed by atoms with E-state index in [-0.39, 0.29) is 0 Å². The van der Waals surface area contributed by atoms with E-state index >= 15 is 0 Å². The van der Waals surface area contributed by atoms with Crippen molar-refractivity contribution < 1.29 is 9.47 Å². The molecule has 1 aromatic carbocycles. The first-order valence-corrected chi connectivity index (χ1v) is 7.30. The molecule has 0 amide bonds. The quantitative estimate of drug-likeness (QED) is 0.770. The Hall–Kier alpha value is -2.02. The van der Waals surface area contributed by atoms with E-state index < -0.39 is 0 Å². The highest BCUT2D eigenvalue weighted by Crippen LogP contribution is 2.28. The molecule has 2 N–H and O–H groups in total. The molecule has 0 aliphatic heterocycles. The van der Waals surface area contributed by atoms with Gasteiger partial charge < -0.3 is 14.9 Å². The lowest BCUT2D eigenvalue weighted by atomic mass is 10.2. The number of nitrogens with zero attached hydrogens (tertiary/aromatic N) is 2. The van der Waals surface area contributed by atoms with E-state index in [4.69, 9.17) is 21.7 Å². The second-order valence-electron chi connectivity index (χ2n) is 4.39. The number of aromatic nitrogens is 3. The van der Waals surface area contributed by atoms with Gasteiger partial charge in [0, 0.05) is 6.42 Å². The average molecular weight is 308 g/mol. The molecule has 0 aliphatic carbocycles. The summed E-state index contributed by atoms with van der Waals surface area (Å²) in [6, 6.07) is 5.85. The number of aromatic amines is 1. The topological polar surface area (TPSA) is 64.1 Å². The van der Waals surface area contributed by atoms with Crippen LogP contribution in [0.3, 0.4) is 0 Å². The summed E-state index contributed by atoms with van der Waals surface area (Å²) in [6.07, 6.45) is 0.799. The highest BCUT2D eigenvalue weighted by molar-refractivity contribution is 7.71. The molecule has 6 nitrogen and oxygen atoms in total. The van der Waals surface area contributed by atoms with Gasteiger partial charge in [-0.05, 0) is 36.8 Å². The molecule has 1 heterocycles. The number of aryl methyl sites for hydroxylation is 1. The van der Waals surface area contributed by atoms with Crippen molar-refractivity contribution in [3.05, 3.63) is 34.4 Å². The van der Waals surface area contributed by atoms with Gasteiger partial charge in [-0.25, -0.2) is 4.68 Å². The number of H-pyrrole nitrogens is 1. The maximum atomic E-state index is 5.58. The average Bonchev–Trinajstić information content (AvgIpc) is 2.86. The molecule has 0 fully saturated rings. The molecule has 21 heavy (non-hydrogen) atoms. The standard InChI is InChI=1S/C14H20N4O2S/c1-4-13-16-17-14(21)18(13)15-9-10-6-7-11(19-3)12(8-10)20-5-2/h6-8,15H,4-5,9H2,1-3H3,(H,17,21). The summed E-state index contributed by atoms with van der Waals surface area (Å²) in [5.74, 6) is 2.35. The van der Waals surface area contributed by atoms with Crippen LogP contribution >= 0.6 is 12.2 Å². The predicted molar refractivity (Wildman–Crippen MR) is 84.0 cm³/mol. The maximum Gasteiger partial charge on any atom is 0.214 e. The molecule has 114 valence electrons. The Bertz CT molecular complexity index is 651. The van der Waals surface area contributed by atoms with Crippen LogP contribution in [-0.2, 0) is 13.0 Å². The Morgan fingerprint density at radius 3 is 2.81 bits per heavy atom. The minimum Gasteiger partial charge on any atom is -0.493 e. The zero-order valence-corrected chi connectivity index (χ0v) is 13.3. The first-order chi connectivity index (χ1) is 10.2. The molecular weight excluding hydrogens is 288 g/mol. The summed E-state index contributed by atoms with van der Waals surface area (Å²) < 4.78 is 13.2. The summed E-state index contributed by atoms with van der Waals surface area (Å²) in [6.45, 7) is 5.19. The fraction of sp³-hybridized carbons (Fsp3) is 0.429. The minimum atomic E-state index is 0.561. The van der Waals surface area contributed by atoms with Gasteiger partial charge in [0.2, 0.25) is 4.77 Å². The Kier molecular flexibility index (Phi) is 5.21. The fourth-order valence-electron chi connectivity index (χ4n) is 2.00. The molecule has 0 spiro atoms. The third-order valence-electron chi connectivity index (χ3n) is 3.03. The summed E-state index contributed by atoms with van der Waals surface area (Å²) in [7, 11) is 1.63. The smallest absolute Gasteiger partial charge is 0.214 e. The molecule has 0 aliphatic rings. The van der Waals surface area contributed by atoms with E-state index in [9.17, 15) is 0 Å². The van der Waals surface area contributed by atoms with Crippen molar-refractivity contribution in [1.29, 1.82) is 0 Å². The van der Waals surface area contributed by atoms with Crippen LogP contribution in [0.4, 0.5) is 0 Å². The Labute approximate surface area is 129 Å². The van der Waals surface area contributed by atoms with Crippen LogP contribution < -0.4 is 14.9 Å². The monoisotopic (exact) mass is 308 g/mol. The van der Waals surface area contributed by atoms with E-state index in [1.165, 1.54) is 0 Å². The van der Waals surface area contributed by atoms with Crippen LogP contribution in [0.5, 0.6) is 11.5 Å². The molecule has 0 atom stereocenters. The second-order valence-corrected chi connectivity index (χ2v) is 4.77. The van der Waals surface area contributed by atoms with Crippen molar-refractivity contribution in [2.24, 2.45) is 0 Å². The Morgan fingerprint density at radius 1 is 1.33 bits per heavy atom. The number of hydrogen-bond acceptors (Lipinski definition) is 5. The molecule has 0 unspecified atom stereocenters. The Morgan fingerprint density at radius 2 is 2.14 bits per heavy atom. The van der Waals surface area contributed by atoms with Crippen LogP contribution in [0.25, 0.3) is 0 Å². The molecule has 2 aromatic rings. The maximum absolute atomic E-state index is 5.58. The number of methoxy groups -OCH3 is 1. The number of benzene rings is 1. The normalized spacial score (nSPS) is 10.4. The molecule has 0 saturated heterocycles. The van der Waals surface area contributed by atoms with Crippen LogP contribution in [0.1, 0.15) is 25.2 Å². The number of nitrogens with one attached hydrogen (secondary N) is 2. The van der Waals surface area contributed by atoms with E-state index in [1.54, 1.807) is 11.8 Å². The van der Waals surface area contributed by atoms with Gasteiger partial charge in [0.15, 0.2) is 17.3 Å². The summed E-state index contributed by atoms with van der Waals surface area (Å²) in [5, 5.41) is 6.94. The zero-order valence-electron chi connectivity index (χ0n) is 12.5. The fourth-order valence-corrected chi connectivity index (χ4v) is 2.22. The largest absolute Gasteiger partial charge is 0.493 e. The van der Waals surface area contributed by atoms with Crippen LogP contribution in [-0.4, -0.2) is 28.6 Å². The molecule has 0 radical (unpaired) electrons. The van der Waals surface area contributed by atoms with Gasteiger partial charge in [0.05, 0.1) is 20.3 Å². The number of rotatable bonds is 7. The highest BCUT2D eigenvalue weighted by atomic mass is 32.1. The lowest BCUT2D eigenvalue weighted by Crippen LogP contribution is -2.17. The van der Waals surface area contributed by atoms with Gasteiger partial charge in [0.1, 0.15) is 0 Å². The van der Waals surface area contributed by atoms with Crippen molar-refractivity contribution in [1.82, 2.24) is 14.9 Å². The second kappa shape index (κ2) is 7.12. The van der Waals surface area contributed by atoms with Crippen LogP contribution in [0.15, 0.2) is 18.2 Å². The summed E-state index contributed by atoms with van der Waals surface area (Å²) in [4.78, 5) is 0.